The topological polar surface area (TPSA) is 73.9 Å². The first kappa shape index (κ1) is 23.2. The molecule has 1 aromatic rings. The third-order valence-electron chi connectivity index (χ3n) is 4.91. The van der Waals surface area contributed by atoms with Crippen LogP contribution in [-0.4, -0.2) is 40.1 Å². The van der Waals surface area contributed by atoms with Crippen LogP contribution in [0.15, 0.2) is 30.3 Å². The summed E-state index contributed by atoms with van der Waals surface area (Å²) < 4.78 is 16.2. The fraction of sp³-hybridized carbons (Fsp3) is 0.600. The molecule has 6 nitrogen and oxygen atoms in total. The lowest BCUT2D eigenvalue weighted by molar-refractivity contribution is -0.140. The van der Waals surface area contributed by atoms with Gasteiger partial charge in [0.25, 0.3) is 0 Å². The maximum Gasteiger partial charge on any atom is 0.407 e. The molecule has 1 N–H and O–H groups in total. The van der Waals surface area contributed by atoms with Gasteiger partial charge in [-0.2, -0.15) is 0 Å². The Bertz CT molecular complexity index is 598. The summed E-state index contributed by atoms with van der Waals surface area (Å²) in [7, 11) is -0.610. The molecule has 0 radical (unpaired) electrons. The fourth-order valence-electron chi connectivity index (χ4n) is 2.05. The van der Waals surface area contributed by atoms with Gasteiger partial charge in [0, 0.05) is 6.42 Å². The molecule has 1 atom stereocenters. The first-order chi connectivity index (χ1) is 12.5. The third-order valence-corrected chi connectivity index (χ3v) is 9.41. The molecule has 0 bridgehead atoms. The van der Waals surface area contributed by atoms with E-state index in [0.717, 1.165) is 5.56 Å². The second kappa shape index (κ2) is 10.5. The second-order valence-corrected chi connectivity index (χ2v) is 12.9. The predicted octanol–water partition coefficient (Wildman–Crippen LogP) is 4.26. The van der Waals surface area contributed by atoms with E-state index in [-0.39, 0.29) is 30.1 Å². The molecular formula is C20H33NO5Si. The summed E-state index contributed by atoms with van der Waals surface area (Å²) in [4.78, 5) is 23.6. The first-order valence-corrected chi connectivity index (χ1v) is 12.1. The number of amides is 1. The van der Waals surface area contributed by atoms with Crippen LogP contribution >= 0.6 is 0 Å². The number of esters is 1. The lowest BCUT2D eigenvalue weighted by Gasteiger charge is -2.37. The molecule has 0 saturated carbocycles. The van der Waals surface area contributed by atoms with E-state index in [4.69, 9.17) is 13.9 Å². The highest BCUT2D eigenvalue weighted by Gasteiger charge is 2.37. The van der Waals surface area contributed by atoms with Crippen LogP contribution in [0.5, 0.6) is 0 Å². The zero-order valence-electron chi connectivity index (χ0n) is 17.3. The van der Waals surface area contributed by atoms with Crippen molar-refractivity contribution in [2.75, 3.05) is 13.7 Å². The Balaban J connectivity index is 2.61. The zero-order valence-corrected chi connectivity index (χ0v) is 18.3. The number of hydrogen-bond acceptors (Lipinski definition) is 5. The Morgan fingerprint density at radius 2 is 1.78 bits per heavy atom. The molecule has 152 valence electrons. The second-order valence-electron chi connectivity index (χ2n) is 8.09. The quantitative estimate of drug-likeness (QED) is 0.500. The van der Waals surface area contributed by atoms with E-state index in [0.29, 0.717) is 13.0 Å². The lowest BCUT2D eigenvalue weighted by atomic mass is 10.2. The van der Waals surface area contributed by atoms with Gasteiger partial charge in [0.1, 0.15) is 6.61 Å². The van der Waals surface area contributed by atoms with Gasteiger partial charge < -0.3 is 19.2 Å². The summed E-state index contributed by atoms with van der Waals surface area (Å²) in [6, 6.07) is 9.16. The Morgan fingerprint density at radius 3 is 2.33 bits per heavy atom. The van der Waals surface area contributed by atoms with Gasteiger partial charge in [-0.15, -0.1) is 0 Å². The highest BCUT2D eigenvalue weighted by atomic mass is 28.4. The van der Waals surface area contributed by atoms with Crippen LogP contribution < -0.4 is 5.32 Å². The summed E-state index contributed by atoms with van der Waals surface area (Å²) in [6.07, 6.45) is 0.121. The van der Waals surface area contributed by atoms with Gasteiger partial charge in [0.2, 0.25) is 0 Å². The van der Waals surface area contributed by atoms with Gasteiger partial charge in [-0.25, -0.2) is 4.79 Å². The maximum atomic E-state index is 12.2. The van der Waals surface area contributed by atoms with Crippen molar-refractivity contribution in [2.45, 2.75) is 64.4 Å². The molecule has 27 heavy (non-hydrogen) atoms. The minimum atomic E-state index is -1.96. The summed E-state index contributed by atoms with van der Waals surface area (Å²) in [5, 5.41) is 2.88. The van der Waals surface area contributed by atoms with E-state index >= 15 is 0 Å². The summed E-state index contributed by atoms with van der Waals surface area (Å²) in [6.45, 7) is 11.3. The van der Waals surface area contributed by atoms with Gasteiger partial charge >= 0.3 is 12.1 Å². The highest BCUT2D eigenvalue weighted by molar-refractivity contribution is 6.74. The molecule has 0 aliphatic heterocycles. The summed E-state index contributed by atoms with van der Waals surface area (Å²) >= 11 is 0. The highest BCUT2D eigenvalue weighted by Crippen LogP contribution is 2.36. The number of benzene rings is 1. The summed E-state index contributed by atoms with van der Waals surface area (Å²) in [5.74, 6) is -0.313. The maximum absolute atomic E-state index is 12.2. The number of ether oxygens (including phenoxy) is 2. The molecule has 1 rings (SSSR count). The SMILES string of the molecule is COC(=O)CCC(CO[Si](C)(C)C(C)(C)C)NC(=O)OCc1ccccc1. The van der Waals surface area contributed by atoms with Crippen LogP contribution in [0.25, 0.3) is 0 Å². The largest absolute Gasteiger partial charge is 0.469 e. The van der Waals surface area contributed by atoms with Crippen LogP contribution in [0, 0.1) is 0 Å². The zero-order chi connectivity index (χ0) is 20.5. The van der Waals surface area contributed by atoms with Gasteiger partial charge in [-0.3, -0.25) is 4.79 Å². The molecule has 0 aliphatic carbocycles. The molecule has 0 aliphatic rings. The third kappa shape index (κ3) is 8.58. The average molecular weight is 396 g/mol. The van der Waals surface area contributed by atoms with E-state index < -0.39 is 14.4 Å². The minimum Gasteiger partial charge on any atom is -0.469 e. The van der Waals surface area contributed by atoms with Crippen molar-refractivity contribution in [1.29, 1.82) is 0 Å². The van der Waals surface area contributed by atoms with Crippen molar-refractivity contribution in [3.05, 3.63) is 35.9 Å². The minimum absolute atomic E-state index is 0.0632. The Morgan fingerprint density at radius 1 is 1.15 bits per heavy atom. The van der Waals surface area contributed by atoms with Crippen LogP contribution in [0.1, 0.15) is 39.2 Å². The van der Waals surface area contributed by atoms with E-state index in [9.17, 15) is 9.59 Å². The average Bonchev–Trinajstić information content (AvgIpc) is 2.61. The number of carbonyl (C=O) groups is 2. The molecule has 1 amide bonds. The number of hydrogen-bond donors (Lipinski definition) is 1. The van der Waals surface area contributed by atoms with Crippen LogP contribution in [-0.2, 0) is 25.3 Å². The first-order valence-electron chi connectivity index (χ1n) is 9.23. The van der Waals surface area contributed by atoms with Crippen molar-refractivity contribution in [2.24, 2.45) is 0 Å². The van der Waals surface area contributed by atoms with Crippen LogP contribution in [0.4, 0.5) is 4.79 Å². The fourth-order valence-corrected chi connectivity index (χ4v) is 3.10. The molecule has 1 aromatic carbocycles. The summed E-state index contributed by atoms with van der Waals surface area (Å²) in [5.41, 5.74) is 0.913. The van der Waals surface area contributed by atoms with Gasteiger partial charge in [0.15, 0.2) is 8.32 Å². The van der Waals surface area contributed by atoms with Crippen LogP contribution in [0.2, 0.25) is 18.1 Å². The molecule has 1 unspecified atom stereocenters. The Labute approximate surface area is 163 Å². The number of nitrogens with one attached hydrogen (secondary N) is 1. The number of methoxy groups -OCH3 is 1. The Kier molecular flexibility index (Phi) is 8.98. The van der Waals surface area contributed by atoms with Crippen molar-refractivity contribution < 1.29 is 23.5 Å². The van der Waals surface area contributed by atoms with Crippen LogP contribution in [0.3, 0.4) is 0 Å². The van der Waals surface area contributed by atoms with E-state index in [1.54, 1.807) is 0 Å². The molecular weight excluding hydrogens is 362 g/mol. The number of rotatable bonds is 9. The molecule has 0 fully saturated rings. The van der Waals surface area contributed by atoms with Gasteiger partial charge in [-0.05, 0) is 30.1 Å². The molecule has 0 heterocycles. The molecule has 0 saturated heterocycles. The van der Waals surface area contributed by atoms with E-state index in [2.05, 4.69) is 39.2 Å². The lowest BCUT2D eigenvalue weighted by Crippen LogP contribution is -2.46. The smallest absolute Gasteiger partial charge is 0.407 e. The van der Waals surface area contributed by atoms with Crippen molar-refractivity contribution in [3.63, 3.8) is 0 Å². The van der Waals surface area contributed by atoms with Crippen molar-refractivity contribution in [3.8, 4) is 0 Å². The van der Waals surface area contributed by atoms with Gasteiger partial charge in [-0.1, -0.05) is 51.1 Å². The normalized spacial score (nSPS) is 13.0. The van der Waals surface area contributed by atoms with Crippen molar-refractivity contribution >= 4 is 20.4 Å². The van der Waals surface area contributed by atoms with Gasteiger partial charge in [0.05, 0.1) is 19.8 Å². The molecule has 0 spiro atoms. The standard InChI is InChI=1S/C20H33NO5Si/c1-20(2,3)27(5,6)26-15-17(12-13-18(22)24-4)21-19(23)25-14-16-10-8-7-9-11-16/h7-11,17H,12-15H2,1-6H3,(H,21,23). The van der Waals surface area contributed by atoms with E-state index in [1.807, 2.05) is 30.3 Å². The Hall–Kier alpha value is -1.86. The van der Waals surface area contributed by atoms with E-state index in [1.165, 1.54) is 7.11 Å². The number of alkyl carbamates (subject to hydrolysis) is 1. The van der Waals surface area contributed by atoms with Crippen molar-refractivity contribution in [1.82, 2.24) is 5.32 Å². The molecule has 0 aromatic heterocycles. The molecule has 7 heteroatoms. The number of carbonyl (C=O) groups excluding carboxylic acids is 2. The monoisotopic (exact) mass is 395 g/mol. The predicted molar refractivity (Wildman–Crippen MR) is 108 cm³/mol.